The highest BCUT2D eigenvalue weighted by Gasteiger charge is 2.05. The van der Waals surface area contributed by atoms with Crippen molar-refractivity contribution in [1.29, 1.82) is 0 Å². The van der Waals surface area contributed by atoms with Crippen LogP contribution < -0.4 is 0 Å². The Morgan fingerprint density at radius 3 is 2.60 bits per heavy atom. The van der Waals surface area contributed by atoms with Gasteiger partial charge in [-0.25, -0.2) is 4.98 Å². The second-order valence-corrected chi connectivity index (χ2v) is 3.66. The summed E-state index contributed by atoms with van der Waals surface area (Å²) in [4.78, 5) is 11.1. The normalized spacial score (nSPS) is 11.0. The third-order valence-electron chi connectivity index (χ3n) is 2.48. The fourth-order valence-corrected chi connectivity index (χ4v) is 1.72. The van der Waals surface area contributed by atoms with E-state index in [1.807, 2.05) is 43.3 Å². The molecule has 2 N–H and O–H groups in total. The molecule has 3 nitrogen and oxygen atoms in total. The van der Waals surface area contributed by atoms with Gasteiger partial charge in [-0.05, 0) is 31.2 Å². The van der Waals surface area contributed by atoms with E-state index >= 15 is 0 Å². The quantitative estimate of drug-likeness (QED) is 0.619. The third-order valence-corrected chi connectivity index (χ3v) is 2.48. The summed E-state index contributed by atoms with van der Waals surface area (Å²) >= 11 is 0. The average molecular weight is 197 g/mol. The van der Waals surface area contributed by atoms with Gasteiger partial charge in [0.05, 0.1) is 16.7 Å². The number of rotatable bonds is 1. The Morgan fingerprint density at radius 2 is 1.87 bits per heavy atom. The molecular weight excluding hydrogens is 186 g/mol. The summed E-state index contributed by atoms with van der Waals surface area (Å²) in [5.74, 6) is 0.893. The maximum atomic E-state index is 4.51. The molecule has 2 aromatic heterocycles. The molecule has 74 valence electrons. The number of H-pyrrole nitrogens is 2. The summed E-state index contributed by atoms with van der Waals surface area (Å²) in [6, 6.07) is 12.1. The standard InChI is InChI=1S/C12H11N3/c1-8-6-7-11(13-8)12-14-9-4-2-3-5-10(9)15-12/h2-7,13H,1H3,(H,14,15). The van der Waals surface area contributed by atoms with Crippen molar-refractivity contribution in [3.63, 3.8) is 0 Å². The lowest BCUT2D eigenvalue weighted by Gasteiger charge is -1.89. The molecule has 15 heavy (non-hydrogen) atoms. The number of hydrogen-bond acceptors (Lipinski definition) is 1. The molecule has 0 saturated carbocycles. The number of nitrogens with zero attached hydrogens (tertiary/aromatic N) is 1. The van der Waals surface area contributed by atoms with Crippen LogP contribution in [0.15, 0.2) is 36.4 Å². The van der Waals surface area contributed by atoms with Crippen LogP contribution in [0.5, 0.6) is 0 Å². The smallest absolute Gasteiger partial charge is 0.154 e. The van der Waals surface area contributed by atoms with Gasteiger partial charge in [0.25, 0.3) is 0 Å². The van der Waals surface area contributed by atoms with Crippen molar-refractivity contribution in [3.05, 3.63) is 42.1 Å². The summed E-state index contributed by atoms with van der Waals surface area (Å²) in [5, 5.41) is 0. The monoisotopic (exact) mass is 197 g/mol. The molecule has 0 fully saturated rings. The highest BCUT2D eigenvalue weighted by molar-refractivity contribution is 5.78. The molecule has 0 amide bonds. The SMILES string of the molecule is Cc1ccc(-c2nc3ccccc3[nH]2)[nH]1. The fourth-order valence-electron chi connectivity index (χ4n) is 1.72. The minimum Gasteiger partial charge on any atom is -0.356 e. The lowest BCUT2D eigenvalue weighted by atomic mass is 10.3. The number of nitrogens with one attached hydrogen (secondary N) is 2. The van der Waals surface area contributed by atoms with E-state index in [1.165, 1.54) is 0 Å². The van der Waals surface area contributed by atoms with E-state index in [2.05, 4.69) is 15.0 Å². The van der Waals surface area contributed by atoms with Crippen LogP contribution in [-0.2, 0) is 0 Å². The van der Waals surface area contributed by atoms with Crippen LogP contribution in [0.4, 0.5) is 0 Å². The van der Waals surface area contributed by atoms with E-state index in [0.717, 1.165) is 28.2 Å². The summed E-state index contributed by atoms with van der Waals surface area (Å²) in [7, 11) is 0. The topological polar surface area (TPSA) is 44.5 Å². The van der Waals surface area contributed by atoms with Gasteiger partial charge in [-0.15, -0.1) is 0 Å². The maximum absolute atomic E-state index is 4.51. The number of imidazole rings is 1. The summed E-state index contributed by atoms with van der Waals surface area (Å²) in [6.45, 7) is 2.03. The first kappa shape index (κ1) is 8.29. The van der Waals surface area contributed by atoms with E-state index in [4.69, 9.17) is 0 Å². The summed E-state index contributed by atoms with van der Waals surface area (Å²) < 4.78 is 0. The lowest BCUT2D eigenvalue weighted by molar-refractivity contribution is 1.22. The van der Waals surface area contributed by atoms with Crippen molar-refractivity contribution in [1.82, 2.24) is 15.0 Å². The number of benzene rings is 1. The van der Waals surface area contributed by atoms with Gasteiger partial charge in [-0.2, -0.15) is 0 Å². The Hall–Kier alpha value is -2.03. The molecule has 0 saturated heterocycles. The molecule has 2 heterocycles. The highest BCUT2D eigenvalue weighted by atomic mass is 14.9. The molecular formula is C12H11N3. The summed E-state index contributed by atoms with van der Waals surface area (Å²) in [5.41, 5.74) is 4.24. The highest BCUT2D eigenvalue weighted by Crippen LogP contribution is 2.19. The largest absolute Gasteiger partial charge is 0.356 e. The molecule has 3 rings (SSSR count). The molecule has 0 aliphatic heterocycles. The third kappa shape index (κ3) is 1.32. The zero-order valence-electron chi connectivity index (χ0n) is 8.41. The lowest BCUT2D eigenvalue weighted by Crippen LogP contribution is -1.79. The number of fused-ring (bicyclic) bond motifs is 1. The maximum Gasteiger partial charge on any atom is 0.154 e. The Labute approximate surface area is 87.2 Å². The first-order valence-electron chi connectivity index (χ1n) is 4.94. The second kappa shape index (κ2) is 2.98. The van der Waals surface area contributed by atoms with E-state index < -0.39 is 0 Å². The second-order valence-electron chi connectivity index (χ2n) is 3.66. The van der Waals surface area contributed by atoms with Gasteiger partial charge >= 0.3 is 0 Å². The van der Waals surface area contributed by atoms with Crippen LogP contribution in [0, 0.1) is 6.92 Å². The zero-order valence-corrected chi connectivity index (χ0v) is 8.41. The molecule has 0 aliphatic rings. The van der Waals surface area contributed by atoms with E-state index in [-0.39, 0.29) is 0 Å². The first-order chi connectivity index (χ1) is 7.33. The molecule has 3 heteroatoms. The van der Waals surface area contributed by atoms with Gasteiger partial charge in [0.2, 0.25) is 0 Å². The Kier molecular flexibility index (Phi) is 1.65. The van der Waals surface area contributed by atoms with Gasteiger partial charge in [0.15, 0.2) is 5.82 Å². The van der Waals surface area contributed by atoms with Crippen LogP contribution in [0.2, 0.25) is 0 Å². The molecule has 0 radical (unpaired) electrons. The van der Waals surface area contributed by atoms with Gasteiger partial charge in [0, 0.05) is 5.69 Å². The Morgan fingerprint density at radius 1 is 1.00 bits per heavy atom. The fraction of sp³-hybridized carbons (Fsp3) is 0.0833. The van der Waals surface area contributed by atoms with Crippen molar-refractivity contribution in [3.8, 4) is 11.5 Å². The van der Waals surface area contributed by atoms with Crippen LogP contribution in [0.3, 0.4) is 0 Å². The molecule has 0 atom stereocenters. The molecule has 0 bridgehead atoms. The number of aromatic amines is 2. The van der Waals surface area contributed by atoms with Crippen molar-refractivity contribution >= 4 is 11.0 Å². The van der Waals surface area contributed by atoms with Crippen molar-refractivity contribution in [2.45, 2.75) is 6.92 Å². The number of aryl methyl sites for hydroxylation is 1. The Bertz CT molecular complexity index is 571. The van der Waals surface area contributed by atoms with Crippen LogP contribution >= 0.6 is 0 Å². The van der Waals surface area contributed by atoms with E-state index in [9.17, 15) is 0 Å². The van der Waals surface area contributed by atoms with Crippen molar-refractivity contribution in [2.75, 3.05) is 0 Å². The van der Waals surface area contributed by atoms with Crippen LogP contribution in [0.25, 0.3) is 22.6 Å². The van der Waals surface area contributed by atoms with Crippen LogP contribution in [0.1, 0.15) is 5.69 Å². The molecule has 0 aliphatic carbocycles. The van der Waals surface area contributed by atoms with Gasteiger partial charge < -0.3 is 9.97 Å². The minimum atomic E-state index is 0.893. The van der Waals surface area contributed by atoms with Crippen molar-refractivity contribution < 1.29 is 0 Å². The predicted octanol–water partition coefficient (Wildman–Crippen LogP) is 2.87. The molecule has 0 unspecified atom stereocenters. The number of hydrogen-bond donors (Lipinski definition) is 2. The van der Waals surface area contributed by atoms with E-state index in [1.54, 1.807) is 0 Å². The van der Waals surface area contributed by atoms with Gasteiger partial charge in [-0.3, -0.25) is 0 Å². The van der Waals surface area contributed by atoms with Crippen molar-refractivity contribution in [2.24, 2.45) is 0 Å². The number of aromatic nitrogens is 3. The van der Waals surface area contributed by atoms with Crippen LogP contribution in [-0.4, -0.2) is 15.0 Å². The first-order valence-corrected chi connectivity index (χ1v) is 4.94. The Balaban J connectivity index is 2.19. The average Bonchev–Trinajstić information content (AvgIpc) is 2.82. The molecule has 1 aromatic carbocycles. The zero-order chi connectivity index (χ0) is 10.3. The molecule has 0 spiro atoms. The molecule has 3 aromatic rings. The predicted molar refractivity (Wildman–Crippen MR) is 60.6 cm³/mol. The summed E-state index contributed by atoms with van der Waals surface area (Å²) in [6.07, 6.45) is 0. The van der Waals surface area contributed by atoms with Gasteiger partial charge in [-0.1, -0.05) is 12.1 Å². The van der Waals surface area contributed by atoms with E-state index in [0.29, 0.717) is 0 Å². The van der Waals surface area contributed by atoms with Gasteiger partial charge in [0.1, 0.15) is 0 Å². The minimum absolute atomic E-state index is 0.893. The number of para-hydroxylation sites is 2.